The highest BCUT2D eigenvalue weighted by Gasteiger charge is 2.06. The molecule has 1 amide bonds. The molecule has 5 nitrogen and oxygen atoms in total. The number of H-pyrrole nitrogens is 1. The number of carbonyl (C=O) groups is 1. The van der Waals surface area contributed by atoms with Gasteiger partial charge < -0.3 is 5.32 Å². The lowest BCUT2D eigenvalue weighted by Crippen LogP contribution is -2.24. The van der Waals surface area contributed by atoms with E-state index in [1.165, 1.54) is 30.2 Å². The second kappa shape index (κ2) is 6.28. The van der Waals surface area contributed by atoms with Crippen LogP contribution in [0.25, 0.3) is 0 Å². The molecular weight excluding hydrogens is 274 g/mol. The summed E-state index contributed by atoms with van der Waals surface area (Å²) in [5.41, 5.74) is 0.371. The molecule has 2 rings (SSSR count). The van der Waals surface area contributed by atoms with Crippen molar-refractivity contribution in [1.82, 2.24) is 20.5 Å². The van der Waals surface area contributed by atoms with Gasteiger partial charge in [0.2, 0.25) is 5.91 Å². The molecule has 1 heterocycles. The summed E-state index contributed by atoms with van der Waals surface area (Å²) in [5, 5.41) is 9.34. The highest BCUT2D eigenvalue weighted by Crippen LogP contribution is 2.10. The lowest BCUT2D eigenvalue weighted by molar-refractivity contribution is -0.118. The summed E-state index contributed by atoms with van der Waals surface area (Å²) in [7, 11) is 0. The molecule has 0 saturated heterocycles. The van der Waals surface area contributed by atoms with Gasteiger partial charge in [-0.2, -0.15) is 5.10 Å². The number of halogens is 2. The maximum absolute atomic E-state index is 12.9. The van der Waals surface area contributed by atoms with Crippen molar-refractivity contribution in [1.29, 1.82) is 0 Å². The fourth-order valence-electron chi connectivity index (χ4n) is 1.36. The monoisotopic (exact) mass is 284 g/mol. The van der Waals surface area contributed by atoms with Gasteiger partial charge in [-0.25, -0.2) is 13.8 Å². The summed E-state index contributed by atoms with van der Waals surface area (Å²) in [5.74, 6) is -1.45. The lowest BCUT2D eigenvalue weighted by Gasteiger charge is -2.05. The Labute approximate surface area is 111 Å². The number of nitrogens with zero attached hydrogens (tertiary/aromatic N) is 2. The second-order valence-electron chi connectivity index (χ2n) is 3.63. The Bertz CT molecular complexity index is 542. The standard InChI is InChI=1S/C11H10F2N4OS/c12-8-1-7(2-9(13)3-8)4-14-10(18)5-19-11-15-6-16-17-11/h1-3,6H,4-5H2,(H,14,18)(H,15,16,17). The van der Waals surface area contributed by atoms with Gasteiger partial charge in [-0.3, -0.25) is 9.89 Å². The molecule has 0 saturated carbocycles. The normalized spacial score (nSPS) is 10.4. The van der Waals surface area contributed by atoms with Crippen molar-refractivity contribution in [3.05, 3.63) is 41.7 Å². The van der Waals surface area contributed by atoms with E-state index in [0.717, 1.165) is 6.07 Å². The maximum Gasteiger partial charge on any atom is 0.230 e. The van der Waals surface area contributed by atoms with Gasteiger partial charge in [-0.1, -0.05) is 11.8 Å². The van der Waals surface area contributed by atoms with Gasteiger partial charge in [0.15, 0.2) is 5.16 Å². The van der Waals surface area contributed by atoms with Crippen LogP contribution in [0.2, 0.25) is 0 Å². The molecule has 1 aromatic heterocycles. The molecule has 2 aromatic rings. The number of rotatable bonds is 5. The summed E-state index contributed by atoms with van der Waals surface area (Å²) in [6.45, 7) is 0.0739. The Morgan fingerprint density at radius 3 is 2.68 bits per heavy atom. The van der Waals surface area contributed by atoms with E-state index < -0.39 is 11.6 Å². The highest BCUT2D eigenvalue weighted by atomic mass is 32.2. The smallest absolute Gasteiger partial charge is 0.230 e. The van der Waals surface area contributed by atoms with Crippen LogP contribution < -0.4 is 5.32 Å². The van der Waals surface area contributed by atoms with Crippen LogP contribution in [0, 0.1) is 11.6 Å². The molecule has 2 N–H and O–H groups in total. The number of hydrogen-bond donors (Lipinski definition) is 2. The van der Waals surface area contributed by atoms with Gasteiger partial charge in [0.25, 0.3) is 0 Å². The molecule has 0 spiro atoms. The molecule has 0 aliphatic carbocycles. The second-order valence-corrected chi connectivity index (χ2v) is 4.60. The first-order chi connectivity index (χ1) is 9.13. The molecule has 19 heavy (non-hydrogen) atoms. The number of nitrogens with one attached hydrogen (secondary N) is 2. The molecule has 0 radical (unpaired) electrons. The molecule has 100 valence electrons. The van der Waals surface area contributed by atoms with Crippen molar-refractivity contribution < 1.29 is 13.6 Å². The molecular formula is C11H10F2N4OS. The zero-order valence-electron chi connectivity index (χ0n) is 9.69. The SMILES string of the molecule is O=C(CSc1ncn[nH]1)NCc1cc(F)cc(F)c1. The van der Waals surface area contributed by atoms with Crippen LogP contribution in [0.4, 0.5) is 8.78 Å². The third-order valence-corrected chi connectivity index (χ3v) is 3.02. The van der Waals surface area contributed by atoms with Gasteiger partial charge in [0, 0.05) is 12.6 Å². The number of benzene rings is 1. The number of amides is 1. The fraction of sp³-hybridized carbons (Fsp3) is 0.182. The summed E-state index contributed by atoms with van der Waals surface area (Å²) in [6.07, 6.45) is 1.34. The Balaban J connectivity index is 1.79. The summed E-state index contributed by atoms with van der Waals surface area (Å²) in [6, 6.07) is 3.13. The number of aromatic nitrogens is 3. The van der Waals surface area contributed by atoms with E-state index in [1.54, 1.807) is 0 Å². The van der Waals surface area contributed by atoms with E-state index in [0.29, 0.717) is 10.7 Å². The zero-order chi connectivity index (χ0) is 13.7. The Morgan fingerprint density at radius 2 is 2.05 bits per heavy atom. The van der Waals surface area contributed by atoms with Gasteiger partial charge in [0.1, 0.15) is 18.0 Å². The first-order valence-electron chi connectivity index (χ1n) is 5.33. The Hall–Kier alpha value is -1.96. The predicted molar refractivity (Wildman–Crippen MR) is 65.3 cm³/mol. The molecule has 0 aliphatic heterocycles. The van der Waals surface area contributed by atoms with Crippen molar-refractivity contribution in [2.75, 3.05) is 5.75 Å². The van der Waals surface area contributed by atoms with Gasteiger partial charge in [-0.05, 0) is 17.7 Å². The van der Waals surface area contributed by atoms with Crippen molar-refractivity contribution in [3.8, 4) is 0 Å². The fourth-order valence-corrected chi connectivity index (χ4v) is 1.97. The highest BCUT2D eigenvalue weighted by molar-refractivity contribution is 7.99. The summed E-state index contributed by atoms with van der Waals surface area (Å²) >= 11 is 1.19. The zero-order valence-corrected chi connectivity index (χ0v) is 10.5. The Kier molecular flexibility index (Phi) is 4.45. The molecule has 0 aliphatic rings. The first-order valence-corrected chi connectivity index (χ1v) is 6.32. The summed E-state index contributed by atoms with van der Waals surface area (Å²) in [4.78, 5) is 15.3. The number of carbonyl (C=O) groups excluding carboxylic acids is 1. The van der Waals surface area contributed by atoms with Crippen molar-refractivity contribution in [3.63, 3.8) is 0 Å². The van der Waals surface area contributed by atoms with Crippen molar-refractivity contribution in [2.45, 2.75) is 11.7 Å². The minimum Gasteiger partial charge on any atom is -0.351 e. The van der Waals surface area contributed by atoms with Gasteiger partial charge >= 0.3 is 0 Å². The van der Waals surface area contributed by atoms with Crippen molar-refractivity contribution in [2.24, 2.45) is 0 Å². The van der Waals surface area contributed by atoms with Gasteiger partial charge in [0.05, 0.1) is 5.75 Å². The van der Waals surface area contributed by atoms with Crippen LogP contribution in [0.15, 0.2) is 29.7 Å². The van der Waals surface area contributed by atoms with Crippen LogP contribution in [0.5, 0.6) is 0 Å². The average molecular weight is 284 g/mol. The molecule has 0 fully saturated rings. The first kappa shape index (κ1) is 13.5. The predicted octanol–water partition coefficient (Wildman–Crippen LogP) is 1.49. The molecule has 0 unspecified atom stereocenters. The number of hydrogen-bond acceptors (Lipinski definition) is 4. The molecule has 0 atom stereocenters. The van der Waals surface area contributed by atoms with Crippen LogP contribution in [0.3, 0.4) is 0 Å². The van der Waals surface area contributed by atoms with E-state index in [-0.39, 0.29) is 18.2 Å². The lowest BCUT2D eigenvalue weighted by atomic mass is 10.2. The van der Waals surface area contributed by atoms with E-state index in [4.69, 9.17) is 0 Å². The summed E-state index contributed by atoms with van der Waals surface area (Å²) < 4.78 is 25.8. The minimum atomic E-state index is -0.666. The third-order valence-electron chi connectivity index (χ3n) is 2.14. The maximum atomic E-state index is 12.9. The van der Waals surface area contributed by atoms with E-state index in [2.05, 4.69) is 20.5 Å². The Morgan fingerprint density at radius 1 is 1.32 bits per heavy atom. The van der Waals surface area contributed by atoms with Crippen LogP contribution in [0.1, 0.15) is 5.56 Å². The number of thioether (sulfide) groups is 1. The van der Waals surface area contributed by atoms with Crippen LogP contribution in [-0.4, -0.2) is 26.8 Å². The quantitative estimate of drug-likeness (QED) is 0.816. The minimum absolute atomic E-state index is 0.0739. The largest absolute Gasteiger partial charge is 0.351 e. The molecule has 1 aromatic carbocycles. The van der Waals surface area contributed by atoms with Crippen LogP contribution in [-0.2, 0) is 11.3 Å². The van der Waals surface area contributed by atoms with E-state index >= 15 is 0 Å². The van der Waals surface area contributed by atoms with Crippen molar-refractivity contribution >= 4 is 17.7 Å². The van der Waals surface area contributed by atoms with E-state index in [1.807, 2.05) is 0 Å². The topological polar surface area (TPSA) is 70.7 Å². The van der Waals surface area contributed by atoms with Crippen LogP contribution >= 0.6 is 11.8 Å². The third kappa shape index (κ3) is 4.32. The van der Waals surface area contributed by atoms with Gasteiger partial charge in [-0.15, -0.1) is 0 Å². The average Bonchev–Trinajstić information content (AvgIpc) is 2.86. The molecule has 0 bridgehead atoms. The molecule has 8 heteroatoms. The van der Waals surface area contributed by atoms with E-state index in [9.17, 15) is 13.6 Å². The number of aromatic amines is 1.